The van der Waals surface area contributed by atoms with E-state index in [1.54, 1.807) is 7.11 Å². The minimum absolute atomic E-state index is 0.180. The lowest BCUT2D eigenvalue weighted by atomic mass is 9.72. The standard InChI is InChI=1S/C16H23FO/c1-12(2)13-8-10-16(18-3,11-9-13)14-4-6-15(17)7-5-14/h4-7,12-13H,8-11H2,1-3H3. The van der Waals surface area contributed by atoms with Crippen LogP contribution >= 0.6 is 0 Å². The molecule has 0 N–H and O–H groups in total. The first-order valence-electron chi connectivity index (χ1n) is 6.88. The summed E-state index contributed by atoms with van der Waals surface area (Å²) in [6, 6.07) is 6.80. The molecule has 1 aromatic rings. The van der Waals surface area contributed by atoms with E-state index >= 15 is 0 Å². The van der Waals surface area contributed by atoms with Crippen LogP contribution in [0.25, 0.3) is 0 Å². The number of methoxy groups -OCH3 is 1. The number of halogens is 1. The molecule has 1 nitrogen and oxygen atoms in total. The summed E-state index contributed by atoms with van der Waals surface area (Å²) < 4.78 is 18.8. The highest BCUT2D eigenvalue weighted by molar-refractivity contribution is 5.24. The zero-order valence-electron chi connectivity index (χ0n) is 11.6. The molecule has 1 saturated carbocycles. The van der Waals surface area contributed by atoms with Crippen molar-refractivity contribution in [2.75, 3.05) is 7.11 Å². The first kappa shape index (κ1) is 13.5. The predicted octanol–water partition coefficient (Wildman–Crippen LogP) is 4.51. The molecule has 0 aliphatic heterocycles. The van der Waals surface area contributed by atoms with E-state index in [2.05, 4.69) is 13.8 Å². The van der Waals surface area contributed by atoms with Crippen molar-refractivity contribution in [1.82, 2.24) is 0 Å². The van der Waals surface area contributed by atoms with Gasteiger partial charge in [0.15, 0.2) is 0 Å². The van der Waals surface area contributed by atoms with Crippen molar-refractivity contribution in [3.05, 3.63) is 35.6 Å². The van der Waals surface area contributed by atoms with Gasteiger partial charge in [0.1, 0.15) is 5.82 Å². The minimum atomic E-state index is -0.195. The molecule has 1 aliphatic carbocycles. The average molecular weight is 250 g/mol. The van der Waals surface area contributed by atoms with Crippen molar-refractivity contribution < 1.29 is 9.13 Å². The zero-order chi connectivity index (χ0) is 13.2. The van der Waals surface area contributed by atoms with Crippen LogP contribution in [-0.4, -0.2) is 7.11 Å². The molecular formula is C16H23FO. The second kappa shape index (κ2) is 5.40. The maximum Gasteiger partial charge on any atom is 0.123 e. The Morgan fingerprint density at radius 3 is 2.17 bits per heavy atom. The van der Waals surface area contributed by atoms with Gasteiger partial charge in [-0.2, -0.15) is 0 Å². The SMILES string of the molecule is COC1(c2ccc(F)cc2)CCC(C(C)C)CC1. The van der Waals surface area contributed by atoms with Crippen LogP contribution in [-0.2, 0) is 10.3 Å². The topological polar surface area (TPSA) is 9.23 Å². The van der Waals surface area contributed by atoms with Crippen LogP contribution in [0.1, 0.15) is 45.1 Å². The predicted molar refractivity (Wildman–Crippen MR) is 71.9 cm³/mol. The van der Waals surface area contributed by atoms with Gasteiger partial charge in [0.25, 0.3) is 0 Å². The summed E-state index contributed by atoms with van der Waals surface area (Å²) in [5.74, 6) is 1.36. The summed E-state index contributed by atoms with van der Waals surface area (Å²) in [4.78, 5) is 0. The molecule has 0 saturated heterocycles. The molecule has 1 fully saturated rings. The van der Waals surface area contributed by atoms with Crippen molar-refractivity contribution in [3.8, 4) is 0 Å². The molecule has 0 bridgehead atoms. The maximum absolute atomic E-state index is 13.0. The summed E-state index contributed by atoms with van der Waals surface area (Å²) in [5.41, 5.74) is 0.924. The lowest BCUT2D eigenvalue weighted by molar-refractivity contribution is -0.0586. The molecule has 0 atom stereocenters. The molecule has 18 heavy (non-hydrogen) atoms. The Hall–Kier alpha value is -0.890. The van der Waals surface area contributed by atoms with Gasteiger partial charge in [0.05, 0.1) is 5.60 Å². The van der Waals surface area contributed by atoms with Crippen LogP contribution in [0.3, 0.4) is 0 Å². The van der Waals surface area contributed by atoms with Gasteiger partial charge in [-0.1, -0.05) is 26.0 Å². The quantitative estimate of drug-likeness (QED) is 0.766. The average Bonchev–Trinajstić information content (AvgIpc) is 2.39. The molecule has 0 heterocycles. The normalized spacial score (nSPS) is 28.6. The van der Waals surface area contributed by atoms with Crippen molar-refractivity contribution in [2.24, 2.45) is 11.8 Å². The Morgan fingerprint density at radius 2 is 1.72 bits per heavy atom. The summed E-state index contributed by atoms with van der Waals surface area (Å²) in [6.45, 7) is 4.59. The minimum Gasteiger partial charge on any atom is -0.374 e. The third-order valence-electron chi connectivity index (χ3n) is 4.54. The monoisotopic (exact) mass is 250 g/mol. The van der Waals surface area contributed by atoms with Crippen molar-refractivity contribution in [2.45, 2.75) is 45.1 Å². The smallest absolute Gasteiger partial charge is 0.123 e. The number of hydrogen-bond acceptors (Lipinski definition) is 1. The van der Waals surface area contributed by atoms with Crippen LogP contribution in [0.5, 0.6) is 0 Å². The molecule has 0 amide bonds. The highest BCUT2D eigenvalue weighted by atomic mass is 19.1. The van der Waals surface area contributed by atoms with E-state index in [0.29, 0.717) is 0 Å². The van der Waals surface area contributed by atoms with Gasteiger partial charge in [-0.25, -0.2) is 4.39 Å². The Bertz CT molecular complexity index is 375. The molecular weight excluding hydrogens is 227 g/mol. The van der Waals surface area contributed by atoms with Gasteiger partial charge in [-0.3, -0.25) is 0 Å². The second-order valence-corrected chi connectivity index (χ2v) is 5.79. The van der Waals surface area contributed by atoms with Gasteiger partial charge in [0, 0.05) is 7.11 Å². The number of rotatable bonds is 3. The van der Waals surface area contributed by atoms with E-state index in [1.807, 2.05) is 12.1 Å². The number of benzene rings is 1. The first-order valence-corrected chi connectivity index (χ1v) is 6.88. The molecule has 1 aromatic carbocycles. The molecule has 0 spiro atoms. The Morgan fingerprint density at radius 1 is 1.17 bits per heavy atom. The van der Waals surface area contributed by atoms with E-state index in [-0.39, 0.29) is 11.4 Å². The van der Waals surface area contributed by atoms with E-state index in [1.165, 1.54) is 25.0 Å². The molecule has 0 aromatic heterocycles. The lowest BCUT2D eigenvalue weighted by Crippen LogP contribution is -2.34. The van der Waals surface area contributed by atoms with E-state index in [0.717, 1.165) is 30.2 Å². The van der Waals surface area contributed by atoms with E-state index in [4.69, 9.17) is 4.74 Å². The van der Waals surface area contributed by atoms with Crippen molar-refractivity contribution in [3.63, 3.8) is 0 Å². The zero-order valence-corrected chi connectivity index (χ0v) is 11.6. The van der Waals surface area contributed by atoms with Crippen LogP contribution in [0.2, 0.25) is 0 Å². The first-order chi connectivity index (χ1) is 8.57. The summed E-state index contributed by atoms with van der Waals surface area (Å²) >= 11 is 0. The number of hydrogen-bond donors (Lipinski definition) is 0. The fraction of sp³-hybridized carbons (Fsp3) is 0.625. The van der Waals surface area contributed by atoms with Crippen molar-refractivity contribution >= 4 is 0 Å². The molecule has 0 radical (unpaired) electrons. The van der Waals surface area contributed by atoms with Crippen LogP contribution in [0.15, 0.2) is 24.3 Å². The maximum atomic E-state index is 13.0. The lowest BCUT2D eigenvalue weighted by Gasteiger charge is -2.40. The Labute approximate surface area is 109 Å². The highest BCUT2D eigenvalue weighted by Gasteiger charge is 2.37. The third-order valence-corrected chi connectivity index (χ3v) is 4.54. The fourth-order valence-corrected chi connectivity index (χ4v) is 3.14. The van der Waals surface area contributed by atoms with Crippen molar-refractivity contribution in [1.29, 1.82) is 0 Å². The van der Waals surface area contributed by atoms with Crippen LogP contribution in [0, 0.1) is 17.7 Å². The van der Waals surface area contributed by atoms with Crippen LogP contribution in [0.4, 0.5) is 4.39 Å². The molecule has 2 heteroatoms. The summed E-state index contributed by atoms with van der Waals surface area (Å²) in [6.07, 6.45) is 4.47. The van der Waals surface area contributed by atoms with Gasteiger partial charge in [-0.15, -0.1) is 0 Å². The summed E-state index contributed by atoms with van der Waals surface area (Å²) in [7, 11) is 1.78. The fourth-order valence-electron chi connectivity index (χ4n) is 3.14. The molecule has 100 valence electrons. The summed E-state index contributed by atoms with van der Waals surface area (Å²) in [5, 5.41) is 0. The molecule has 2 rings (SSSR count). The van der Waals surface area contributed by atoms with Gasteiger partial charge in [-0.05, 0) is 55.2 Å². The number of ether oxygens (including phenoxy) is 1. The van der Waals surface area contributed by atoms with E-state index in [9.17, 15) is 4.39 Å². The Balaban J connectivity index is 2.16. The van der Waals surface area contributed by atoms with Gasteiger partial charge in [0.2, 0.25) is 0 Å². The van der Waals surface area contributed by atoms with E-state index < -0.39 is 0 Å². The largest absolute Gasteiger partial charge is 0.374 e. The van der Waals surface area contributed by atoms with Gasteiger partial charge < -0.3 is 4.74 Å². The highest BCUT2D eigenvalue weighted by Crippen LogP contribution is 2.44. The van der Waals surface area contributed by atoms with Gasteiger partial charge >= 0.3 is 0 Å². The van der Waals surface area contributed by atoms with Crippen LogP contribution < -0.4 is 0 Å². The molecule has 1 aliphatic rings. The third kappa shape index (κ3) is 2.59. The molecule has 0 unspecified atom stereocenters. The Kier molecular flexibility index (Phi) is 4.06. The second-order valence-electron chi connectivity index (χ2n) is 5.79.